The van der Waals surface area contributed by atoms with Gasteiger partial charge in [-0.2, -0.15) is 0 Å². The van der Waals surface area contributed by atoms with Crippen molar-refractivity contribution in [3.63, 3.8) is 0 Å². The summed E-state index contributed by atoms with van der Waals surface area (Å²) in [5.41, 5.74) is 1.06. The zero-order chi connectivity index (χ0) is 19.9. The Morgan fingerprint density at radius 1 is 1.04 bits per heavy atom. The topological polar surface area (TPSA) is 68.8 Å². The number of nitrogens with zero attached hydrogens (tertiary/aromatic N) is 4. The third kappa shape index (κ3) is 5.07. The summed E-state index contributed by atoms with van der Waals surface area (Å²) in [5.74, 6) is 0.742. The fourth-order valence-electron chi connectivity index (χ4n) is 3.15. The Labute approximate surface area is 166 Å². The minimum Gasteiger partial charge on any atom is -0.353 e. The van der Waals surface area contributed by atoms with Crippen molar-refractivity contribution < 1.29 is 9.59 Å². The maximum Gasteiger partial charge on any atom is 0.253 e. The molecule has 1 aromatic carbocycles. The number of pyridine rings is 1. The van der Waals surface area contributed by atoms with E-state index in [-0.39, 0.29) is 11.8 Å². The first kappa shape index (κ1) is 19.8. The average Bonchev–Trinajstić information content (AvgIpc) is 2.74. The molecule has 1 aliphatic rings. The summed E-state index contributed by atoms with van der Waals surface area (Å²) in [6, 6.07) is 12.8. The van der Waals surface area contributed by atoms with Crippen molar-refractivity contribution in [1.82, 2.24) is 20.1 Å². The van der Waals surface area contributed by atoms with E-state index in [0.717, 1.165) is 25.5 Å². The molecule has 0 aliphatic carbocycles. The SMILES string of the molecule is CN(C)CCNC(=O)c1cccc(C(=O)N2CCN(c3ccccn3)CC2)c1. The van der Waals surface area contributed by atoms with Gasteiger partial charge in [0.25, 0.3) is 11.8 Å². The molecule has 148 valence electrons. The summed E-state index contributed by atoms with van der Waals surface area (Å²) in [4.78, 5) is 35.6. The lowest BCUT2D eigenvalue weighted by Gasteiger charge is -2.35. The van der Waals surface area contributed by atoms with Gasteiger partial charge in [-0.1, -0.05) is 12.1 Å². The van der Waals surface area contributed by atoms with Crippen molar-refractivity contribution in [2.75, 3.05) is 58.3 Å². The number of amides is 2. The van der Waals surface area contributed by atoms with Gasteiger partial charge in [0.2, 0.25) is 0 Å². The maximum atomic E-state index is 12.9. The van der Waals surface area contributed by atoms with Crippen molar-refractivity contribution in [1.29, 1.82) is 0 Å². The maximum absolute atomic E-state index is 12.9. The number of carbonyl (C=O) groups is 2. The highest BCUT2D eigenvalue weighted by Crippen LogP contribution is 2.15. The van der Waals surface area contributed by atoms with E-state index in [1.54, 1.807) is 30.5 Å². The molecule has 0 saturated carbocycles. The molecule has 0 radical (unpaired) electrons. The fraction of sp³-hybridized carbons (Fsp3) is 0.381. The first-order valence-corrected chi connectivity index (χ1v) is 9.53. The Kier molecular flexibility index (Phi) is 6.60. The second-order valence-electron chi connectivity index (χ2n) is 7.11. The Bertz CT molecular complexity index is 801. The quantitative estimate of drug-likeness (QED) is 0.818. The van der Waals surface area contributed by atoms with Crippen molar-refractivity contribution in [3.8, 4) is 0 Å². The number of aromatic nitrogens is 1. The van der Waals surface area contributed by atoms with Crippen LogP contribution in [0.3, 0.4) is 0 Å². The number of hydrogen-bond donors (Lipinski definition) is 1. The second-order valence-corrected chi connectivity index (χ2v) is 7.11. The number of benzene rings is 1. The molecule has 7 heteroatoms. The standard InChI is InChI=1S/C21H27N5O2/c1-24(2)11-10-23-20(27)17-6-5-7-18(16-17)21(28)26-14-12-25(13-15-26)19-8-3-4-9-22-19/h3-9,16H,10-15H2,1-2H3,(H,23,27). The minimum atomic E-state index is -0.156. The van der Waals surface area contributed by atoms with E-state index < -0.39 is 0 Å². The predicted molar refractivity (Wildman–Crippen MR) is 110 cm³/mol. The van der Waals surface area contributed by atoms with E-state index >= 15 is 0 Å². The van der Waals surface area contributed by atoms with E-state index in [2.05, 4.69) is 15.2 Å². The van der Waals surface area contributed by atoms with Gasteiger partial charge in [0.1, 0.15) is 5.82 Å². The lowest BCUT2D eigenvalue weighted by molar-refractivity contribution is 0.0746. The van der Waals surface area contributed by atoms with Gasteiger partial charge >= 0.3 is 0 Å². The van der Waals surface area contributed by atoms with Crippen LogP contribution in [0.2, 0.25) is 0 Å². The molecule has 1 aliphatic heterocycles. The Morgan fingerprint density at radius 2 is 1.79 bits per heavy atom. The van der Waals surface area contributed by atoms with Gasteiger partial charge in [-0.05, 0) is 44.4 Å². The molecule has 28 heavy (non-hydrogen) atoms. The van der Waals surface area contributed by atoms with Crippen LogP contribution in [0.15, 0.2) is 48.7 Å². The molecular weight excluding hydrogens is 354 g/mol. The van der Waals surface area contributed by atoms with Gasteiger partial charge in [-0.15, -0.1) is 0 Å². The molecule has 7 nitrogen and oxygen atoms in total. The number of anilines is 1. The minimum absolute atomic E-state index is 0.0383. The van der Waals surface area contributed by atoms with E-state index in [0.29, 0.717) is 30.8 Å². The highest BCUT2D eigenvalue weighted by Gasteiger charge is 2.23. The number of rotatable bonds is 6. The molecule has 1 N–H and O–H groups in total. The number of likely N-dealkylation sites (N-methyl/N-ethyl adjacent to an activating group) is 1. The zero-order valence-electron chi connectivity index (χ0n) is 16.5. The van der Waals surface area contributed by atoms with Gasteiger partial charge in [-0.3, -0.25) is 9.59 Å². The van der Waals surface area contributed by atoms with Crippen molar-refractivity contribution in [2.45, 2.75) is 0 Å². The lowest BCUT2D eigenvalue weighted by atomic mass is 10.1. The highest BCUT2D eigenvalue weighted by atomic mass is 16.2. The summed E-state index contributed by atoms with van der Waals surface area (Å²) < 4.78 is 0. The van der Waals surface area contributed by atoms with Gasteiger partial charge in [-0.25, -0.2) is 4.98 Å². The molecule has 1 fully saturated rings. The van der Waals surface area contributed by atoms with Crippen molar-refractivity contribution in [2.24, 2.45) is 0 Å². The van der Waals surface area contributed by atoms with Gasteiger partial charge in [0.05, 0.1) is 0 Å². The van der Waals surface area contributed by atoms with Crippen LogP contribution in [0, 0.1) is 0 Å². The third-order valence-corrected chi connectivity index (χ3v) is 4.76. The third-order valence-electron chi connectivity index (χ3n) is 4.76. The first-order valence-electron chi connectivity index (χ1n) is 9.53. The van der Waals surface area contributed by atoms with Gasteiger partial charge in [0, 0.05) is 56.6 Å². The summed E-state index contributed by atoms with van der Waals surface area (Å²) >= 11 is 0. The molecule has 0 unspecified atom stereocenters. The zero-order valence-corrected chi connectivity index (χ0v) is 16.5. The van der Waals surface area contributed by atoms with E-state index in [1.165, 1.54) is 0 Å². The van der Waals surface area contributed by atoms with Gasteiger partial charge < -0.3 is 20.0 Å². The van der Waals surface area contributed by atoms with E-state index in [1.807, 2.05) is 42.1 Å². The van der Waals surface area contributed by atoms with E-state index in [4.69, 9.17) is 0 Å². The molecule has 0 spiro atoms. The number of piperazine rings is 1. The molecule has 0 bridgehead atoms. The van der Waals surface area contributed by atoms with E-state index in [9.17, 15) is 9.59 Å². The number of hydrogen-bond acceptors (Lipinski definition) is 5. The lowest BCUT2D eigenvalue weighted by Crippen LogP contribution is -2.49. The molecule has 2 heterocycles. The van der Waals surface area contributed by atoms with Crippen LogP contribution in [0.25, 0.3) is 0 Å². The molecule has 0 atom stereocenters. The Balaban J connectivity index is 1.58. The monoisotopic (exact) mass is 381 g/mol. The smallest absolute Gasteiger partial charge is 0.253 e. The van der Waals surface area contributed by atoms with Crippen LogP contribution in [-0.2, 0) is 0 Å². The van der Waals surface area contributed by atoms with Crippen LogP contribution in [0.5, 0.6) is 0 Å². The Hall–Kier alpha value is -2.93. The molecule has 1 saturated heterocycles. The number of nitrogens with one attached hydrogen (secondary N) is 1. The predicted octanol–water partition coefficient (Wildman–Crippen LogP) is 1.34. The van der Waals surface area contributed by atoms with Crippen LogP contribution in [0.1, 0.15) is 20.7 Å². The normalized spacial score (nSPS) is 14.2. The number of carbonyl (C=O) groups excluding carboxylic acids is 2. The van der Waals surface area contributed by atoms with Crippen LogP contribution in [0.4, 0.5) is 5.82 Å². The van der Waals surface area contributed by atoms with Crippen LogP contribution < -0.4 is 10.2 Å². The van der Waals surface area contributed by atoms with Crippen molar-refractivity contribution in [3.05, 3.63) is 59.8 Å². The molecule has 1 aromatic heterocycles. The first-order chi connectivity index (χ1) is 13.5. The van der Waals surface area contributed by atoms with Crippen LogP contribution in [-0.4, -0.2) is 80.0 Å². The highest BCUT2D eigenvalue weighted by molar-refractivity contribution is 5.99. The summed E-state index contributed by atoms with van der Waals surface area (Å²) in [6.45, 7) is 4.09. The summed E-state index contributed by atoms with van der Waals surface area (Å²) in [7, 11) is 3.91. The molecule has 2 amide bonds. The fourth-order valence-corrected chi connectivity index (χ4v) is 3.15. The largest absolute Gasteiger partial charge is 0.353 e. The molecule has 2 aromatic rings. The molecule has 3 rings (SSSR count). The van der Waals surface area contributed by atoms with Crippen molar-refractivity contribution >= 4 is 17.6 Å². The average molecular weight is 381 g/mol. The summed E-state index contributed by atoms with van der Waals surface area (Å²) in [5, 5.41) is 2.88. The van der Waals surface area contributed by atoms with Crippen LogP contribution >= 0.6 is 0 Å². The Morgan fingerprint density at radius 3 is 2.46 bits per heavy atom. The molecular formula is C21H27N5O2. The summed E-state index contributed by atoms with van der Waals surface area (Å²) in [6.07, 6.45) is 1.78. The second kappa shape index (κ2) is 9.32. The van der Waals surface area contributed by atoms with Gasteiger partial charge in [0.15, 0.2) is 0 Å².